The van der Waals surface area contributed by atoms with Crippen LogP contribution in [0, 0.1) is 0 Å². The number of hydrogen-bond acceptors (Lipinski definition) is 2. The first-order valence-electron chi connectivity index (χ1n) is 10.4. The van der Waals surface area contributed by atoms with Crippen molar-refractivity contribution in [3.8, 4) is 22.8 Å². The topological polar surface area (TPSA) is 39.5 Å². The highest BCUT2D eigenvalue weighted by Gasteiger charge is 2.38. The van der Waals surface area contributed by atoms with Gasteiger partial charge in [-0.05, 0) is 42.5 Å². The van der Waals surface area contributed by atoms with Crippen molar-refractivity contribution in [1.29, 1.82) is 0 Å². The summed E-state index contributed by atoms with van der Waals surface area (Å²) in [4.78, 5) is 9.24. The van der Waals surface area contributed by atoms with Gasteiger partial charge in [0.05, 0.1) is 17.5 Å². The lowest BCUT2D eigenvalue weighted by Gasteiger charge is -2.04. The minimum absolute atomic E-state index is 0.812. The molecule has 7 rings (SSSR count). The summed E-state index contributed by atoms with van der Waals surface area (Å²) in [7, 11) is 0. The Morgan fingerprint density at radius 3 is 2.26 bits per heavy atom. The minimum Gasteiger partial charge on any atom is -0.264 e. The van der Waals surface area contributed by atoms with E-state index in [4.69, 9.17) is 4.98 Å². The number of benzene rings is 2. The average Bonchev–Trinajstić information content (AvgIpc) is 3.47. The summed E-state index contributed by atoms with van der Waals surface area (Å²) >= 11 is 0. The van der Waals surface area contributed by atoms with Crippen LogP contribution in [-0.4, -0.2) is 19.1 Å². The van der Waals surface area contributed by atoms with Crippen molar-refractivity contribution in [1.82, 2.24) is 19.1 Å². The van der Waals surface area contributed by atoms with Crippen LogP contribution < -0.4 is 4.57 Å². The Morgan fingerprint density at radius 1 is 0.742 bits per heavy atom. The molecule has 146 valence electrons. The third-order valence-corrected chi connectivity index (χ3v) is 6.13. The highest BCUT2D eigenvalue weighted by molar-refractivity contribution is 6.05. The molecule has 0 N–H and O–H groups in total. The van der Waals surface area contributed by atoms with Crippen LogP contribution in [0.3, 0.4) is 0 Å². The molecule has 0 saturated carbocycles. The quantitative estimate of drug-likeness (QED) is 0.395. The van der Waals surface area contributed by atoms with E-state index in [0.29, 0.717) is 0 Å². The van der Waals surface area contributed by atoms with Crippen molar-refractivity contribution in [3.05, 3.63) is 103 Å². The maximum atomic E-state index is 4.80. The Balaban J connectivity index is 1.73. The lowest BCUT2D eigenvalue weighted by molar-refractivity contribution is -0.648. The molecule has 4 aromatic heterocycles. The van der Waals surface area contributed by atoms with Gasteiger partial charge in [0.1, 0.15) is 11.4 Å². The molecule has 1 aliphatic heterocycles. The van der Waals surface area contributed by atoms with Crippen LogP contribution in [0.15, 0.2) is 97.5 Å². The summed E-state index contributed by atoms with van der Waals surface area (Å²) in [6.07, 6.45) is 5.74. The van der Waals surface area contributed by atoms with Crippen LogP contribution in [-0.2, 0) is 6.54 Å². The minimum atomic E-state index is 0.812. The van der Waals surface area contributed by atoms with Gasteiger partial charge in [0.25, 0.3) is 5.65 Å². The van der Waals surface area contributed by atoms with Gasteiger partial charge in [0, 0.05) is 24.2 Å². The van der Waals surface area contributed by atoms with Crippen molar-refractivity contribution < 1.29 is 4.57 Å². The van der Waals surface area contributed by atoms with Gasteiger partial charge in [0.15, 0.2) is 5.52 Å². The lowest BCUT2D eigenvalue weighted by atomic mass is 10.1. The van der Waals surface area contributed by atoms with Crippen LogP contribution in [0.25, 0.3) is 45.0 Å². The van der Waals surface area contributed by atoms with Crippen LogP contribution in [0.4, 0.5) is 0 Å². The van der Waals surface area contributed by atoms with Crippen molar-refractivity contribution in [2.45, 2.75) is 6.54 Å². The van der Waals surface area contributed by atoms with Gasteiger partial charge in [-0.2, -0.15) is 0 Å². The van der Waals surface area contributed by atoms with Gasteiger partial charge >= 0.3 is 0 Å². The first kappa shape index (κ1) is 16.5. The predicted octanol–water partition coefficient (Wildman–Crippen LogP) is 4.68. The van der Waals surface area contributed by atoms with E-state index >= 15 is 0 Å². The number of nitrogens with zero attached hydrogens (tertiary/aromatic N) is 5. The second kappa shape index (κ2) is 6.12. The molecule has 5 heteroatoms. The molecule has 0 fully saturated rings. The molecule has 0 atom stereocenters. The summed E-state index contributed by atoms with van der Waals surface area (Å²) < 4.78 is 7.06. The molecule has 5 nitrogen and oxygen atoms in total. The second-order valence-electron chi connectivity index (χ2n) is 7.83. The van der Waals surface area contributed by atoms with E-state index in [1.807, 2.05) is 30.7 Å². The molecule has 0 bridgehead atoms. The molecule has 0 aliphatic carbocycles. The number of fused-ring (bicyclic) bond motifs is 7. The normalized spacial score (nSPS) is 12.4. The molecule has 6 aromatic rings. The third kappa shape index (κ3) is 2.17. The summed E-state index contributed by atoms with van der Waals surface area (Å²) in [5.41, 5.74) is 7.99. The van der Waals surface area contributed by atoms with Crippen LogP contribution in [0.2, 0.25) is 0 Å². The fourth-order valence-corrected chi connectivity index (χ4v) is 4.88. The zero-order chi connectivity index (χ0) is 20.4. The second-order valence-corrected chi connectivity index (χ2v) is 7.83. The third-order valence-electron chi connectivity index (χ3n) is 6.13. The molecule has 0 unspecified atom stereocenters. The Labute approximate surface area is 178 Å². The standard InChI is InChI=1S/C26H18N5/c1-3-8-19(9-4-1)30-23-21-12-7-14-28-24(21)31(20-10-5-2-6-11-20)26(23)29-17-18-13-15-27-16-22(18)25(29)30/h1-16H,17H2/q+1. The summed E-state index contributed by atoms with van der Waals surface area (Å²) in [6.45, 7) is 0.812. The molecule has 0 spiro atoms. The number of para-hydroxylation sites is 2. The molecular formula is C26H18N5+. The van der Waals surface area contributed by atoms with E-state index in [9.17, 15) is 0 Å². The van der Waals surface area contributed by atoms with E-state index in [2.05, 4.69) is 85.4 Å². The smallest absolute Gasteiger partial charge is 0.264 e. The van der Waals surface area contributed by atoms with Crippen molar-refractivity contribution in [3.63, 3.8) is 0 Å². The van der Waals surface area contributed by atoms with E-state index in [0.717, 1.165) is 40.4 Å². The van der Waals surface area contributed by atoms with E-state index in [-0.39, 0.29) is 0 Å². The molecule has 1 aliphatic rings. The van der Waals surface area contributed by atoms with Gasteiger partial charge in [-0.1, -0.05) is 36.4 Å². The molecule has 0 amide bonds. The molecule has 0 radical (unpaired) electrons. The largest absolute Gasteiger partial charge is 0.276 e. The van der Waals surface area contributed by atoms with Gasteiger partial charge in [-0.15, -0.1) is 0 Å². The molecule has 0 saturated heterocycles. The number of rotatable bonds is 2. The van der Waals surface area contributed by atoms with Crippen LogP contribution in [0.5, 0.6) is 0 Å². The molecular weight excluding hydrogens is 382 g/mol. The van der Waals surface area contributed by atoms with Crippen LogP contribution >= 0.6 is 0 Å². The van der Waals surface area contributed by atoms with E-state index in [1.54, 1.807) is 0 Å². The monoisotopic (exact) mass is 400 g/mol. The van der Waals surface area contributed by atoms with E-state index < -0.39 is 0 Å². The summed E-state index contributed by atoms with van der Waals surface area (Å²) in [5, 5.41) is 1.14. The fourth-order valence-electron chi connectivity index (χ4n) is 4.88. The van der Waals surface area contributed by atoms with Crippen molar-refractivity contribution in [2.75, 3.05) is 0 Å². The highest BCUT2D eigenvalue weighted by atomic mass is 15.3. The zero-order valence-corrected chi connectivity index (χ0v) is 16.7. The SMILES string of the molecule is c1ccc(-n2c3[n+](c4c2c2cccnc2n4-c2ccccc2)Cc2ccncc2-3)cc1. The molecule has 5 heterocycles. The summed E-state index contributed by atoms with van der Waals surface area (Å²) in [5.74, 6) is 1.16. The maximum Gasteiger partial charge on any atom is 0.276 e. The fraction of sp³-hybridized carbons (Fsp3) is 0.0385. The maximum absolute atomic E-state index is 4.80. The first-order valence-corrected chi connectivity index (χ1v) is 10.4. The van der Waals surface area contributed by atoms with E-state index in [1.165, 1.54) is 16.6 Å². The van der Waals surface area contributed by atoms with Gasteiger partial charge in [-0.25, -0.2) is 18.7 Å². The summed E-state index contributed by atoms with van der Waals surface area (Å²) in [6, 6.07) is 27.4. The highest BCUT2D eigenvalue weighted by Crippen LogP contribution is 2.38. The van der Waals surface area contributed by atoms with Crippen LogP contribution in [0.1, 0.15) is 5.56 Å². The predicted molar refractivity (Wildman–Crippen MR) is 120 cm³/mol. The molecule has 31 heavy (non-hydrogen) atoms. The van der Waals surface area contributed by atoms with Gasteiger partial charge in [-0.3, -0.25) is 4.98 Å². The lowest BCUT2D eigenvalue weighted by Crippen LogP contribution is -2.33. The van der Waals surface area contributed by atoms with Crippen molar-refractivity contribution >= 4 is 22.2 Å². The Kier molecular flexibility index (Phi) is 3.27. The number of pyridine rings is 2. The van der Waals surface area contributed by atoms with Crippen molar-refractivity contribution in [2.24, 2.45) is 0 Å². The Hall–Kier alpha value is -4.25. The number of hydrogen-bond donors (Lipinski definition) is 0. The first-order chi connectivity index (χ1) is 15.4. The van der Waals surface area contributed by atoms with Gasteiger partial charge < -0.3 is 0 Å². The molecule has 2 aromatic carbocycles. The average molecular weight is 400 g/mol. The zero-order valence-electron chi connectivity index (χ0n) is 16.7. The number of imidazole rings is 1. The Morgan fingerprint density at radius 2 is 1.48 bits per heavy atom. The number of aromatic nitrogens is 5. The van der Waals surface area contributed by atoms with Gasteiger partial charge in [0.2, 0.25) is 11.5 Å². The Bertz CT molecular complexity index is 1590.